The molecule has 0 aromatic heterocycles. The fraction of sp³-hybridized carbons (Fsp3) is 0.212. The summed E-state index contributed by atoms with van der Waals surface area (Å²) in [7, 11) is -0.0241. The van der Waals surface area contributed by atoms with Crippen molar-refractivity contribution in [2.45, 2.75) is 23.9 Å². The Balaban J connectivity index is 1.78. The van der Waals surface area contributed by atoms with Crippen LogP contribution < -0.4 is 19.1 Å². The number of hydrogen-bond acceptors (Lipinski definition) is 6. The number of likely N-dealkylation sites (N-methyl/N-ethyl adjacent to an activating group) is 1. The molecule has 44 heavy (non-hydrogen) atoms. The smallest absolute Gasteiger partial charge is 0.264 e. The minimum absolute atomic E-state index is 0.0664. The maximum Gasteiger partial charge on any atom is 0.264 e. The number of ether oxygens (including phenoxy) is 2. The standard InChI is InChI=1S/C33H34FN3O6S/c1-35-33(39)29(20-24-10-6-4-7-11-24)36(22-25-14-16-26(34)17-15-25)32(38)23-37(27-12-8-5-9-13-27)44(40,41)28-18-19-30(42-2)31(21-28)43-3/h4-19,21,29H,20,22-23H2,1-3H3,(H,35,39)/t29-/m0/s1. The second-order valence-corrected chi connectivity index (χ2v) is 11.7. The van der Waals surface area contributed by atoms with Crippen LogP contribution in [-0.2, 0) is 32.6 Å². The summed E-state index contributed by atoms with van der Waals surface area (Å²) in [6, 6.07) is 26.1. The van der Waals surface area contributed by atoms with Gasteiger partial charge in [-0.15, -0.1) is 0 Å². The van der Waals surface area contributed by atoms with Gasteiger partial charge in [-0.05, 0) is 47.5 Å². The first-order chi connectivity index (χ1) is 21.2. The molecule has 0 saturated heterocycles. The summed E-state index contributed by atoms with van der Waals surface area (Å²) in [4.78, 5) is 28.8. The van der Waals surface area contributed by atoms with Crippen molar-refractivity contribution in [3.05, 3.63) is 120 Å². The molecule has 4 aromatic rings. The van der Waals surface area contributed by atoms with Crippen molar-refractivity contribution in [1.82, 2.24) is 10.2 Å². The molecule has 0 aliphatic heterocycles. The van der Waals surface area contributed by atoms with E-state index < -0.39 is 40.2 Å². The number of hydrogen-bond donors (Lipinski definition) is 1. The molecule has 0 bridgehead atoms. The number of nitrogens with zero attached hydrogens (tertiary/aromatic N) is 2. The number of halogens is 1. The van der Waals surface area contributed by atoms with Crippen LogP contribution >= 0.6 is 0 Å². The third-order valence-electron chi connectivity index (χ3n) is 7.05. The van der Waals surface area contributed by atoms with Crippen molar-refractivity contribution in [2.24, 2.45) is 0 Å². The Morgan fingerprint density at radius 1 is 0.818 bits per heavy atom. The Bertz CT molecular complexity index is 1670. The lowest BCUT2D eigenvalue weighted by atomic mass is 10.0. The van der Waals surface area contributed by atoms with Crippen molar-refractivity contribution in [3.63, 3.8) is 0 Å². The van der Waals surface area contributed by atoms with Crippen molar-refractivity contribution < 1.29 is 31.9 Å². The number of sulfonamides is 1. The Hall–Kier alpha value is -4.90. The zero-order chi connectivity index (χ0) is 31.7. The molecule has 230 valence electrons. The number of carbonyl (C=O) groups is 2. The average Bonchev–Trinajstić information content (AvgIpc) is 3.06. The molecule has 0 spiro atoms. The van der Waals surface area contributed by atoms with Crippen LogP contribution in [0.3, 0.4) is 0 Å². The van der Waals surface area contributed by atoms with Crippen LogP contribution in [0.2, 0.25) is 0 Å². The Morgan fingerprint density at radius 3 is 2.02 bits per heavy atom. The van der Waals surface area contributed by atoms with E-state index in [9.17, 15) is 22.4 Å². The van der Waals surface area contributed by atoms with E-state index in [1.165, 1.54) is 68.6 Å². The second kappa shape index (κ2) is 14.5. The normalized spacial score (nSPS) is 11.7. The van der Waals surface area contributed by atoms with Gasteiger partial charge in [0.15, 0.2) is 11.5 Å². The molecule has 0 heterocycles. The van der Waals surface area contributed by atoms with Crippen molar-refractivity contribution >= 4 is 27.5 Å². The van der Waals surface area contributed by atoms with Gasteiger partial charge in [-0.1, -0.05) is 60.7 Å². The summed E-state index contributed by atoms with van der Waals surface area (Å²) in [5.74, 6) is -0.970. The molecule has 0 aliphatic rings. The van der Waals surface area contributed by atoms with Crippen LogP contribution in [0.15, 0.2) is 108 Å². The Labute approximate surface area is 256 Å². The lowest BCUT2D eigenvalue weighted by Gasteiger charge is -2.33. The third-order valence-corrected chi connectivity index (χ3v) is 8.82. The Morgan fingerprint density at radius 2 is 1.43 bits per heavy atom. The van der Waals surface area contributed by atoms with Crippen molar-refractivity contribution in [2.75, 3.05) is 32.1 Å². The molecule has 9 nitrogen and oxygen atoms in total. The van der Waals surface area contributed by atoms with Gasteiger partial charge in [-0.25, -0.2) is 12.8 Å². The molecule has 0 aliphatic carbocycles. The first-order valence-corrected chi connectivity index (χ1v) is 15.2. The van der Waals surface area contributed by atoms with E-state index in [1.54, 1.807) is 30.3 Å². The summed E-state index contributed by atoms with van der Waals surface area (Å²) in [5, 5.41) is 2.63. The number of methoxy groups -OCH3 is 2. The number of nitrogens with one attached hydrogen (secondary N) is 1. The summed E-state index contributed by atoms with van der Waals surface area (Å²) < 4.78 is 53.6. The summed E-state index contributed by atoms with van der Waals surface area (Å²) in [6.45, 7) is -0.687. The number of amides is 2. The van der Waals surface area contributed by atoms with Gasteiger partial charge < -0.3 is 19.7 Å². The molecule has 0 saturated carbocycles. The van der Waals surface area contributed by atoms with E-state index in [2.05, 4.69) is 5.32 Å². The van der Waals surface area contributed by atoms with E-state index in [0.29, 0.717) is 11.3 Å². The van der Waals surface area contributed by atoms with Crippen LogP contribution in [0, 0.1) is 5.82 Å². The lowest BCUT2D eigenvalue weighted by Crippen LogP contribution is -2.53. The molecule has 11 heteroatoms. The zero-order valence-corrected chi connectivity index (χ0v) is 25.5. The molecule has 1 atom stereocenters. The quantitative estimate of drug-likeness (QED) is 0.238. The third kappa shape index (κ3) is 7.54. The highest BCUT2D eigenvalue weighted by atomic mass is 32.2. The molecular formula is C33H34FN3O6S. The van der Waals surface area contributed by atoms with Crippen LogP contribution in [0.25, 0.3) is 0 Å². The molecule has 4 aromatic carbocycles. The predicted octanol–water partition coefficient (Wildman–Crippen LogP) is 4.42. The predicted molar refractivity (Wildman–Crippen MR) is 165 cm³/mol. The van der Waals surface area contributed by atoms with Gasteiger partial charge >= 0.3 is 0 Å². The average molecular weight is 620 g/mol. The highest BCUT2D eigenvalue weighted by Gasteiger charge is 2.34. The number of benzene rings is 4. The molecule has 0 radical (unpaired) electrons. The van der Waals surface area contributed by atoms with E-state index in [4.69, 9.17) is 9.47 Å². The van der Waals surface area contributed by atoms with E-state index in [-0.39, 0.29) is 29.3 Å². The van der Waals surface area contributed by atoms with Gasteiger partial charge in [0.1, 0.15) is 18.4 Å². The number of para-hydroxylation sites is 1. The minimum atomic E-state index is -4.33. The van der Waals surface area contributed by atoms with Gasteiger partial charge in [0, 0.05) is 26.1 Å². The first-order valence-electron chi connectivity index (χ1n) is 13.8. The fourth-order valence-corrected chi connectivity index (χ4v) is 6.16. The van der Waals surface area contributed by atoms with Gasteiger partial charge in [-0.3, -0.25) is 13.9 Å². The number of rotatable bonds is 13. The minimum Gasteiger partial charge on any atom is -0.493 e. The maximum atomic E-state index is 14.3. The molecule has 0 unspecified atom stereocenters. The molecular weight excluding hydrogens is 585 g/mol. The highest BCUT2D eigenvalue weighted by Crippen LogP contribution is 2.32. The molecule has 1 N–H and O–H groups in total. The second-order valence-electron chi connectivity index (χ2n) is 9.83. The SMILES string of the molecule is CNC(=O)[C@H](Cc1ccccc1)N(Cc1ccc(F)cc1)C(=O)CN(c1ccccc1)S(=O)(=O)c1ccc(OC)c(OC)c1. The first kappa shape index (κ1) is 32.0. The fourth-order valence-electron chi connectivity index (χ4n) is 4.73. The summed E-state index contributed by atoms with van der Waals surface area (Å²) in [5.41, 5.74) is 1.61. The number of carbonyl (C=O) groups excluding carboxylic acids is 2. The monoisotopic (exact) mass is 619 g/mol. The lowest BCUT2D eigenvalue weighted by molar-refractivity contribution is -0.139. The topological polar surface area (TPSA) is 105 Å². The van der Waals surface area contributed by atoms with Crippen LogP contribution in [0.1, 0.15) is 11.1 Å². The van der Waals surface area contributed by atoms with Crippen molar-refractivity contribution in [1.29, 1.82) is 0 Å². The molecule has 2 amide bonds. The van der Waals surface area contributed by atoms with Gasteiger partial charge in [0.25, 0.3) is 10.0 Å². The van der Waals surface area contributed by atoms with Gasteiger partial charge in [0.2, 0.25) is 11.8 Å². The maximum absolute atomic E-state index is 14.3. The zero-order valence-electron chi connectivity index (χ0n) is 24.6. The van der Waals surface area contributed by atoms with Gasteiger partial charge in [0.05, 0.1) is 24.8 Å². The van der Waals surface area contributed by atoms with Crippen LogP contribution in [-0.4, -0.2) is 59.0 Å². The summed E-state index contributed by atoms with van der Waals surface area (Å²) in [6.07, 6.45) is 0.168. The van der Waals surface area contributed by atoms with Gasteiger partial charge in [-0.2, -0.15) is 0 Å². The van der Waals surface area contributed by atoms with Crippen LogP contribution in [0.4, 0.5) is 10.1 Å². The largest absolute Gasteiger partial charge is 0.493 e. The summed E-state index contributed by atoms with van der Waals surface area (Å²) >= 11 is 0. The molecule has 4 rings (SSSR count). The number of anilines is 1. The van der Waals surface area contributed by atoms with E-state index in [0.717, 1.165) is 9.87 Å². The van der Waals surface area contributed by atoms with E-state index in [1.807, 2.05) is 30.3 Å². The Kier molecular flexibility index (Phi) is 10.6. The van der Waals surface area contributed by atoms with Crippen molar-refractivity contribution in [3.8, 4) is 11.5 Å². The molecule has 0 fully saturated rings. The highest BCUT2D eigenvalue weighted by molar-refractivity contribution is 7.92. The van der Waals surface area contributed by atoms with E-state index >= 15 is 0 Å². The van der Waals surface area contributed by atoms with Crippen LogP contribution in [0.5, 0.6) is 11.5 Å².